The molecule has 1 heterocycles. The summed E-state index contributed by atoms with van der Waals surface area (Å²) in [5.74, 6) is 2.37. The molecule has 1 aromatic heterocycles. The Hall–Kier alpha value is -1.81. The second-order valence-electron chi connectivity index (χ2n) is 7.47. The van der Waals surface area contributed by atoms with Crippen LogP contribution in [0.5, 0.6) is 5.75 Å². The van der Waals surface area contributed by atoms with Gasteiger partial charge in [-0.1, -0.05) is 26.0 Å². The largest absolute Gasteiger partial charge is 0.495 e. The van der Waals surface area contributed by atoms with E-state index in [9.17, 15) is 4.79 Å². The summed E-state index contributed by atoms with van der Waals surface area (Å²) in [6, 6.07) is 7.70. The normalized spacial score (nSPS) is 22.7. The molecule has 0 spiro atoms. The molecule has 2 aromatic rings. The van der Waals surface area contributed by atoms with Crippen LogP contribution < -0.4 is 10.1 Å². The summed E-state index contributed by atoms with van der Waals surface area (Å²) in [5.41, 5.74) is 4.10. The van der Waals surface area contributed by atoms with Gasteiger partial charge < -0.3 is 10.1 Å². The molecule has 2 atom stereocenters. The molecule has 1 fully saturated rings. The van der Waals surface area contributed by atoms with Gasteiger partial charge in [-0.2, -0.15) is 0 Å². The van der Waals surface area contributed by atoms with Crippen LogP contribution in [0, 0.1) is 18.3 Å². The molecule has 4 rings (SSSR count). The molecule has 0 radical (unpaired) electrons. The number of methoxy groups -OCH3 is 1. The Morgan fingerprint density at radius 1 is 1.38 bits per heavy atom. The lowest BCUT2D eigenvalue weighted by Gasteiger charge is -2.11. The molecular formula is C20H23NO2S. The fourth-order valence-electron chi connectivity index (χ4n) is 4.40. The van der Waals surface area contributed by atoms with Crippen LogP contribution in [0.15, 0.2) is 24.3 Å². The van der Waals surface area contributed by atoms with Crippen LogP contribution in [0.25, 0.3) is 0 Å². The lowest BCUT2D eigenvalue weighted by atomic mass is 9.94. The van der Waals surface area contributed by atoms with Crippen molar-refractivity contribution >= 4 is 22.8 Å². The molecule has 1 N–H and O–H groups in total. The topological polar surface area (TPSA) is 38.3 Å². The number of para-hydroxylation sites is 2. The Balaban J connectivity index is 1.53. The van der Waals surface area contributed by atoms with Crippen LogP contribution in [0.1, 0.15) is 45.4 Å². The van der Waals surface area contributed by atoms with Gasteiger partial charge in [-0.25, -0.2) is 0 Å². The number of fused-ring (bicyclic) bond motifs is 3. The van der Waals surface area contributed by atoms with Gasteiger partial charge >= 0.3 is 0 Å². The number of nitrogens with one attached hydrogen (secondary N) is 1. The minimum Gasteiger partial charge on any atom is -0.495 e. The van der Waals surface area contributed by atoms with Crippen molar-refractivity contribution in [3.05, 3.63) is 45.1 Å². The van der Waals surface area contributed by atoms with Crippen LogP contribution in [-0.4, -0.2) is 19.4 Å². The number of rotatable bonds is 5. The molecule has 24 heavy (non-hydrogen) atoms. The van der Waals surface area contributed by atoms with E-state index in [0.717, 1.165) is 28.7 Å². The van der Waals surface area contributed by atoms with Crippen LogP contribution in [0.2, 0.25) is 0 Å². The van der Waals surface area contributed by atoms with Crippen LogP contribution in [0.3, 0.4) is 0 Å². The zero-order valence-corrected chi connectivity index (χ0v) is 15.4. The average Bonchev–Trinajstić information content (AvgIpc) is 2.92. The van der Waals surface area contributed by atoms with Gasteiger partial charge in [-0.3, -0.25) is 4.79 Å². The minimum atomic E-state index is 0.189. The summed E-state index contributed by atoms with van der Waals surface area (Å²) in [6.45, 7) is 7.19. The zero-order valence-electron chi connectivity index (χ0n) is 14.6. The third-order valence-electron chi connectivity index (χ3n) is 5.82. The zero-order chi connectivity index (χ0) is 17.1. The fraction of sp³-hybridized carbons (Fsp3) is 0.450. The highest BCUT2D eigenvalue weighted by molar-refractivity contribution is 7.14. The summed E-state index contributed by atoms with van der Waals surface area (Å²) in [7, 11) is 1.64. The summed E-state index contributed by atoms with van der Waals surface area (Å²) >= 11 is 1.68. The van der Waals surface area contributed by atoms with E-state index in [1.165, 1.54) is 16.0 Å². The van der Waals surface area contributed by atoms with E-state index in [-0.39, 0.29) is 5.78 Å². The standard InChI is InChI=1S/C20H23NO2S/c1-11-17-12(9-13-18(17)20(13,2)3)19(24-11)15(22)10-21-14-7-5-6-8-16(14)23-4/h5-8,13,18,21H,9-10H2,1-4H3/t13-,18-/m1/s1. The molecule has 0 unspecified atom stereocenters. The van der Waals surface area contributed by atoms with E-state index in [1.807, 2.05) is 24.3 Å². The monoisotopic (exact) mass is 341 g/mol. The maximum absolute atomic E-state index is 12.8. The van der Waals surface area contributed by atoms with Crippen LogP contribution in [0.4, 0.5) is 5.69 Å². The molecule has 3 nitrogen and oxygen atoms in total. The van der Waals surface area contributed by atoms with E-state index in [0.29, 0.717) is 17.9 Å². The first-order valence-corrected chi connectivity index (χ1v) is 9.29. The molecule has 0 bridgehead atoms. The first-order valence-electron chi connectivity index (χ1n) is 8.47. The number of hydrogen-bond donors (Lipinski definition) is 1. The van der Waals surface area contributed by atoms with Crippen molar-refractivity contribution in [2.45, 2.75) is 33.1 Å². The number of hydrogen-bond acceptors (Lipinski definition) is 4. The second-order valence-corrected chi connectivity index (χ2v) is 8.69. The first kappa shape index (κ1) is 15.7. The molecule has 1 aromatic carbocycles. The highest BCUT2D eigenvalue weighted by Gasteiger charge is 2.63. The molecule has 0 amide bonds. The van der Waals surface area contributed by atoms with E-state index < -0.39 is 0 Å². The van der Waals surface area contributed by atoms with Crippen molar-refractivity contribution in [1.29, 1.82) is 0 Å². The Labute approximate surface area is 147 Å². The minimum absolute atomic E-state index is 0.189. The molecule has 4 heteroatoms. The van der Waals surface area contributed by atoms with Crippen molar-refractivity contribution < 1.29 is 9.53 Å². The summed E-state index contributed by atoms with van der Waals surface area (Å²) < 4.78 is 5.33. The van der Waals surface area contributed by atoms with Crippen molar-refractivity contribution in [1.82, 2.24) is 0 Å². The Morgan fingerprint density at radius 2 is 2.12 bits per heavy atom. The number of Topliss-reactive ketones (excluding diaryl/α,β-unsaturated/α-hetero) is 1. The predicted octanol–water partition coefficient (Wildman–Crippen LogP) is 4.66. The van der Waals surface area contributed by atoms with E-state index in [4.69, 9.17) is 4.74 Å². The summed E-state index contributed by atoms with van der Waals surface area (Å²) in [5, 5.41) is 3.23. The Bertz CT molecular complexity index is 821. The van der Waals surface area contributed by atoms with Gasteiger partial charge in [-0.15, -0.1) is 11.3 Å². The molecule has 1 saturated carbocycles. The number of anilines is 1. The van der Waals surface area contributed by atoms with E-state index in [1.54, 1.807) is 18.4 Å². The Kier molecular flexibility index (Phi) is 3.50. The highest BCUT2D eigenvalue weighted by atomic mass is 32.1. The number of benzene rings is 1. The molecule has 126 valence electrons. The fourth-order valence-corrected chi connectivity index (χ4v) is 5.57. The average molecular weight is 341 g/mol. The van der Waals surface area contributed by atoms with Gasteiger partial charge in [0.15, 0.2) is 5.78 Å². The lowest BCUT2D eigenvalue weighted by molar-refractivity contribution is 0.101. The third-order valence-corrected chi connectivity index (χ3v) is 7.02. The molecular weight excluding hydrogens is 318 g/mol. The quantitative estimate of drug-likeness (QED) is 0.804. The number of thiophene rings is 1. The summed E-state index contributed by atoms with van der Waals surface area (Å²) in [4.78, 5) is 15.1. The van der Waals surface area contributed by atoms with Gasteiger partial charge in [-0.05, 0) is 53.9 Å². The lowest BCUT2D eigenvalue weighted by Crippen LogP contribution is -2.15. The maximum Gasteiger partial charge on any atom is 0.192 e. The molecule has 0 aliphatic heterocycles. The maximum atomic E-state index is 12.8. The van der Waals surface area contributed by atoms with Gasteiger partial charge in [0.05, 0.1) is 24.2 Å². The second kappa shape index (κ2) is 5.35. The first-order chi connectivity index (χ1) is 11.4. The van der Waals surface area contributed by atoms with Gasteiger partial charge in [0.1, 0.15) is 5.75 Å². The van der Waals surface area contributed by atoms with E-state index in [2.05, 4.69) is 26.1 Å². The van der Waals surface area contributed by atoms with Crippen molar-refractivity contribution in [3.8, 4) is 5.75 Å². The predicted molar refractivity (Wildman–Crippen MR) is 98.6 cm³/mol. The van der Waals surface area contributed by atoms with Gasteiger partial charge in [0, 0.05) is 4.88 Å². The van der Waals surface area contributed by atoms with Crippen LogP contribution >= 0.6 is 11.3 Å². The number of aryl methyl sites for hydroxylation is 1. The number of carbonyl (C=O) groups is 1. The smallest absolute Gasteiger partial charge is 0.192 e. The van der Waals surface area contributed by atoms with Crippen LogP contribution in [-0.2, 0) is 6.42 Å². The molecule has 0 saturated heterocycles. The number of carbonyl (C=O) groups excluding carboxylic acids is 1. The SMILES string of the molecule is COc1ccccc1NCC(=O)c1sc(C)c2c1C[C@@H]1[C@H]2C1(C)C. The van der Waals surface area contributed by atoms with Crippen molar-refractivity contribution in [3.63, 3.8) is 0 Å². The molecule has 2 aliphatic rings. The number of ether oxygens (including phenoxy) is 1. The van der Waals surface area contributed by atoms with E-state index >= 15 is 0 Å². The Morgan fingerprint density at radius 3 is 2.88 bits per heavy atom. The third kappa shape index (κ3) is 2.20. The highest BCUT2D eigenvalue weighted by Crippen LogP contribution is 2.71. The van der Waals surface area contributed by atoms with Gasteiger partial charge in [0.25, 0.3) is 0 Å². The van der Waals surface area contributed by atoms with Crippen molar-refractivity contribution in [2.75, 3.05) is 19.0 Å². The molecule has 2 aliphatic carbocycles. The van der Waals surface area contributed by atoms with Gasteiger partial charge in [0.2, 0.25) is 0 Å². The summed E-state index contributed by atoms with van der Waals surface area (Å²) in [6.07, 6.45) is 1.08. The number of ketones is 1. The van der Waals surface area contributed by atoms with Crippen molar-refractivity contribution in [2.24, 2.45) is 11.3 Å².